The Morgan fingerprint density at radius 3 is 1.55 bits per heavy atom. The monoisotopic (exact) mass is 450 g/mol. The zero-order valence-electron chi connectivity index (χ0n) is 20.4. The predicted octanol–water partition coefficient (Wildman–Crippen LogP) is 5.62. The Bertz CT molecular complexity index is 959. The van der Waals surface area contributed by atoms with E-state index < -0.39 is 5.60 Å². The summed E-state index contributed by atoms with van der Waals surface area (Å²) in [5.74, 6) is 0.767. The maximum absolute atomic E-state index is 6.33. The largest absolute Gasteiger partial charge is 0.497 e. The van der Waals surface area contributed by atoms with Crippen LogP contribution in [0.15, 0.2) is 60.7 Å². The van der Waals surface area contributed by atoms with E-state index >= 15 is 0 Å². The molecule has 33 heavy (non-hydrogen) atoms. The maximum Gasteiger partial charge on any atom is 0.176 e. The Balaban J connectivity index is 2.27. The van der Waals surface area contributed by atoms with E-state index in [9.17, 15) is 0 Å². The molecule has 2 atom stereocenters. The van der Waals surface area contributed by atoms with Crippen LogP contribution < -0.4 is 4.74 Å². The normalized spacial score (nSPS) is 13.5. The van der Waals surface area contributed by atoms with E-state index in [0.717, 1.165) is 46.9 Å². The van der Waals surface area contributed by atoms with Crippen LogP contribution in [0.25, 0.3) is 0 Å². The standard InChI is InChI=1S/C27H34N2O4/c1-7-23(31-4)21-11-9-13-25(28-21)27(33-6,19-15-17-20(30-3)18-16-19)26-14-10-12-22(29-26)24(8-2)32-5/h9-18,23-24H,7-8H2,1-6H3/t23-,24-/m1/s1. The van der Waals surface area contributed by atoms with Gasteiger partial charge in [0.05, 0.1) is 42.1 Å². The van der Waals surface area contributed by atoms with E-state index in [1.54, 1.807) is 28.4 Å². The minimum absolute atomic E-state index is 0.104. The summed E-state index contributed by atoms with van der Waals surface area (Å²) in [5, 5.41) is 0. The molecule has 3 aromatic rings. The van der Waals surface area contributed by atoms with E-state index in [2.05, 4.69) is 13.8 Å². The number of rotatable bonds is 11. The summed E-state index contributed by atoms with van der Waals surface area (Å²) in [4.78, 5) is 10.0. The Morgan fingerprint density at radius 2 is 1.18 bits per heavy atom. The maximum atomic E-state index is 6.33. The molecule has 0 fully saturated rings. The van der Waals surface area contributed by atoms with Crippen LogP contribution in [-0.4, -0.2) is 38.4 Å². The summed E-state index contributed by atoms with van der Waals surface area (Å²) in [6, 6.07) is 19.7. The molecular formula is C27H34N2O4. The van der Waals surface area contributed by atoms with E-state index in [0.29, 0.717) is 0 Å². The number of hydrogen-bond acceptors (Lipinski definition) is 6. The van der Waals surface area contributed by atoms with Gasteiger partial charge in [0.2, 0.25) is 0 Å². The highest BCUT2D eigenvalue weighted by molar-refractivity contribution is 5.45. The number of methoxy groups -OCH3 is 4. The molecule has 1 aromatic carbocycles. The molecule has 0 N–H and O–H groups in total. The van der Waals surface area contributed by atoms with Gasteiger partial charge < -0.3 is 18.9 Å². The number of benzene rings is 1. The molecule has 3 rings (SSSR count). The van der Waals surface area contributed by atoms with Crippen molar-refractivity contribution in [1.82, 2.24) is 9.97 Å². The third-order valence-electron chi connectivity index (χ3n) is 6.04. The Labute approximate surface area is 196 Å². The molecule has 0 aliphatic carbocycles. The van der Waals surface area contributed by atoms with Gasteiger partial charge in [-0.2, -0.15) is 0 Å². The van der Waals surface area contributed by atoms with E-state index in [-0.39, 0.29) is 12.2 Å². The average molecular weight is 451 g/mol. The lowest BCUT2D eigenvalue weighted by molar-refractivity contribution is 0.0477. The molecule has 0 unspecified atom stereocenters. The van der Waals surface area contributed by atoms with Crippen LogP contribution in [0.2, 0.25) is 0 Å². The van der Waals surface area contributed by atoms with Gasteiger partial charge in [0, 0.05) is 21.3 Å². The van der Waals surface area contributed by atoms with Crippen LogP contribution >= 0.6 is 0 Å². The molecule has 0 spiro atoms. The Kier molecular flexibility index (Phi) is 8.55. The summed E-state index contributed by atoms with van der Waals surface area (Å²) < 4.78 is 23.0. The summed E-state index contributed by atoms with van der Waals surface area (Å²) in [5.41, 5.74) is 3.04. The van der Waals surface area contributed by atoms with Crippen LogP contribution in [0.4, 0.5) is 0 Å². The van der Waals surface area contributed by atoms with Crippen molar-refractivity contribution in [3.63, 3.8) is 0 Å². The molecule has 0 saturated carbocycles. The van der Waals surface area contributed by atoms with Crippen LogP contribution in [0.1, 0.15) is 67.2 Å². The zero-order valence-corrected chi connectivity index (χ0v) is 20.4. The van der Waals surface area contributed by atoms with Crippen LogP contribution in [0.5, 0.6) is 5.75 Å². The van der Waals surface area contributed by atoms with Gasteiger partial charge in [0.15, 0.2) is 5.60 Å². The molecule has 0 bridgehead atoms. The third kappa shape index (κ3) is 4.93. The molecule has 2 aromatic heterocycles. The van der Waals surface area contributed by atoms with Crippen molar-refractivity contribution in [2.24, 2.45) is 0 Å². The van der Waals surface area contributed by atoms with Gasteiger partial charge in [-0.25, -0.2) is 0 Å². The predicted molar refractivity (Wildman–Crippen MR) is 128 cm³/mol. The highest BCUT2D eigenvalue weighted by Crippen LogP contribution is 2.40. The summed E-state index contributed by atoms with van der Waals surface area (Å²) in [7, 11) is 6.75. The van der Waals surface area contributed by atoms with Gasteiger partial charge in [-0.1, -0.05) is 38.1 Å². The lowest BCUT2D eigenvalue weighted by atomic mass is 9.85. The lowest BCUT2D eigenvalue weighted by Crippen LogP contribution is -2.34. The fourth-order valence-corrected chi connectivity index (χ4v) is 4.23. The molecule has 0 aliphatic heterocycles. The number of ether oxygens (including phenoxy) is 4. The molecule has 2 heterocycles. The fraction of sp³-hybridized carbons (Fsp3) is 0.407. The number of hydrogen-bond donors (Lipinski definition) is 0. The molecule has 6 nitrogen and oxygen atoms in total. The summed E-state index contributed by atoms with van der Waals surface area (Å²) in [6.07, 6.45) is 1.42. The molecule has 0 saturated heterocycles. The van der Waals surface area contributed by atoms with Crippen LogP contribution in [0, 0.1) is 0 Å². The van der Waals surface area contributed by atoms with Gasteiger partial charge in [0.25, 0.3) is 0 Å². The zero-order chi connectivity index (χ0) is 23.8. The smallest absolute Gasteiger partial charge is 0.176 e. The van der Waals surface area contributed by atoms with Crippen molar-refractivity contribution in [2.45, 2.75) is 44.5 Å². The number of nitrogens with zero attached hydrogens (tertiary/aromatic N) is 2. The third-order valence-corrected chi connectivity index (χ3v) is 6.04. The molecule has 176 valence electrons. The van der Waals surface area contributed by atoms with Gasteiger partial charge in [-0.05, 0) is 54.8 Å². The average Bonchev–Trinajstić information content (AvgIpc) is 2.87. The number of aromatic nitrogens is 2. The van der Waals surface area contributed by atoms with Crippen molar-refractivity contribution in [1.29, 1.82) is 0 Å². The molecule has 6 heteroatoms. The Hall–Kier alpha value is -2.80. The van der Waals surface area contributed by atoms with Crippen molar-refractivity contribution in [2.75, 3.05) is 28.4 Å². The second kappa shape index (κ2) is 11.4. The first-order valence-corrected chi connectivity index (χ1v) is 11.3. The molecular weight excluding hydrogens is 416 g/mol. The summed E-state index contributed by atoms with van der Waals surface area (Å²) in [6.45, 7) is 4.16. The lowest BCUT2D eigenvalue weighted by Gasteiger charge is -2.33. The van der Waals surface area contributed by atoms with Gasteiger partial charge in [-0.3, -0.25) is 9.97 Å². The van der Waals surface area contributed by atoms with Gasteiger partial charge in [0.1, 0.15) is 5.75 Å². The highest BCUT2D eigenvalue weighted by Gasteiger charge is 2.40. The van der Waals surface area contributed by atoms with Crippen molar-refractivity contribution in [3.8, 4) is 5.75 Å². The molecule has 0 radical (unpaired) electrons. The summed E-state index contributed by atoms with van der Waals surface area (Å²) >= 11 is 0. The first-order chi connectivity index (χ1) is 16.1. The first-order valence-electron chi connectivity index (χ1n) is 11.3. The SMILES string of the molecule is CC[C@@H](OC)c1cccc(C(OC)(c2ccc(OC)cc2)c2cccc([C@@H](CC)OC)n2)n1. The Morgan fingerprint density at radius 1 is 0.697 bits per heavy atom. The topological polar surface area (TPSA) is 62.7 Å². The first kappa shape index (κ1) is 24.8. The van der Waals surface area contributed by atoms with E-state index in [4.69, 9.17) is 28.9 Å². The second-order valence-electron chi connectivity index (χ2n) is 7.77. The second-order valence-corrected chi connectivity index (χ2v) is 7.77. The van der Waals surface area contributed by atoms with Gasteiger partial charge in [-0.15, -0.1) is 0 Å². The minimum Gasteiger partial charge on any atom is -0.497 e. The molecule has 0 amide bonds. The van der Waals surface area contributed by atoms with E-state index in [1.165, 1.54) is 0 Å². The van der Waals surface area contributed by atoms with Crippen molar-refractivity contribution in [3.05, 3.63) is 89.0 Å². The fourth-order valence-electron chi connectivity index (χ4n) is 4.23. The number of pyridine rings is 2. The molecule has 0 aliphatic rings. The van der Waals surface area contributed by atoms with Crippen LogP contribution in [0.3, 0.4) is 0 Å². The highest BCUT2D eigenvalue weighted by atomic mass is 16.5. The quantitative estimate of drug-likeness (QED) is 0.378. The van der Waals surface area contributed by atoms with Crippen LogP contribution in [-0.2, 0) is 19.8 Å². The van der Waals surface area contributed by atoms with Crippen molar-refractivity contribution >= 4 is 0 Å². The van der Waals surface area contributed by atoms with Gasteiger partial charge >= 0.3 is 0 Å². The van der Waals surface area contributed by atoms with E-state index in [1.807, 2.05) is 60.7 Å². The van der Waals surface area contributed by atoms with Crippen molar-refractivity contribution < 1.29 is 18.9 Å². The minimum atomic E-state index is -1.03.